The second-order valence-corrected chi connectivity index (χ2v) is 5.81. The Morgan fingerprint density at radius 2 is 2.20 bits per heavy atom. The molecule has 0 radical (unpaired) electrons. The summed E-state index contributed by atoms with van der Waals surface area (Å²) in [5, 5.41) is 6.91. The number of nitrogens with one attached hydrogen (secondary N) is 1. The largest absolute Gasteiger partial charge is 0.497 e. The summed E-state index contributed by atoms with van der Waals surface area (Å²) in [6.07, 6.45) is -0.0924. The van der Waals surface area contributed by atoms with E-state index in [1.165, 1.54) is 0 Å². The van der Waals surface area contributed by atoms with Gasteiger partial charge in [0, 0.05) is 17.5 Å². The lowest BCUT2D eigenvalue weighted by molar-refractivity contribution is -0.132. The molecule has 1 atom stereocenters. The lowest BCUT2D eigenvalue weighted by Crippen LogP contribution is -2.45. The summed E-state index contributed by atoms with van der Waals surface area (Å²) in [6.45, 7) is 5.80. The van der Waals surface area contributed by atoms with E-state index in [0.717, 1.165) is 17.0 Å². The molecule has 0 saturated heterocycles. The molecule has 0 saturated carbocycles. The van der Waals surface area contributed by atoms with E-state index >= 15 is 0 Å². The van der Waals surface area contributed by atoms with Crippen LogP contribution in [0.1, 0.15) is 32.8 Å². The van der Waals surface area contributed by atoms with Gasteiger partial charge >= 0.3 is 0 Å². The van der Waals surface area contributed by atoms with Gasteiger partial charge in [-0.15, -0.1) is 0 Å². The summed E-state index contributed by atoms with van der Waals surface area (Å²) in [7, 11) is 1.62. The summed E-state index contributed by atoms with van der Waals surface area (Å²) in [5.41, 5.74) is 1.40. The van der Waals surface area contributed by atoms with Crippen LogP contribution in [0, 0.1) is 0 Å². The second kappa shape index (κ2) is 5.53. The van der Waals surface area contributed by atoms with Crippen molar-refractivity contribution in [2.75, 3.05) is 7.11 Å². The Kier molecular flexibility index (Phi) is 3.97. The molecule has 1 aliphatic heterocycles. The highest BCUT2D eigenvalue weighted by atomic mass is 16.6. The minimum Gasteiger partial charge on any atom is -0.497 e. The normalized spacial score (nSPS) is 18.2. The molecule has 0 bridgehead atoms. The van der Waals surface area contributed by atoms with Crippen LogP contribution in [0.4, 0.5) is 0 Å². The Balaban J connectivity index is 2.02. The van der Waals surface area contributed by atoms with Gasteiger partial charge in [0.1, 0.15) is 5.75 Å². The highest BCUT2D eigenvalue weighted by Crippen LogP contribution is 2.20. The van der Waals surface area contributed by atoms with Crippen LogP contribution in [0.25, 0.3) is 0 Å². The first-order chi connectivity index (χ1) is 9.39. The van der Waals surface area contributed by atoms with Crippen molar-refractivity contribution < 1.29 is 14.4 Å². The van der Waals surface area contributed by atoms with Gasteiger partial charge in [-0.2, -0.15) is 0 Å². The zero-order valence-corrected chi connectivity index (χ0v) is 12.3. The Labute approximate surface area is 118 Å². The molecular weight excluding hydrogens is 256 g/mol. The quantitative estimate of drug-likeness (QED) is 0.919. The maximum absolute atomic E-state index is 12.0. The fraction of sp³-hybridized carbons (Fsp3) is 0.467. The van der Waals surface area contributed by atoms with E-state index in [0.29, 0.717) is 6.42 Å². The third-order valence-corrected chi connectivity index (χ3v) is 2.86. The predicted octanol–water partition coefficient (Wildman–Crippen LogP) is 2.10. The molecule has 1 N–H and O–H groups in total. The van der Waals surface area contributed by atoms with Gasteiger partial charge in [-0.1, -0.05) is 17.3 Å². The van der Waals surface area contributed by atoms with Gasteiger partial charge in [0.25, 0.3) is 5.91 Å². The molecular formula is C15H20N2O3. The molecule has 0 aromatic heterocycles. The second-order valence-electron chi connectivity index (χ2n) is 5.81. The molecule has 108 valence electrons. The Bertz CT molecular complexity index is 532. The van der Waals surface area contributed by atoms with E-state index in [1.54, 1.807) is 7.11 Å². The summed E-state index contributed by atoms with van der Waals surface area (Å²) in [6, 6.07) is 7.56. The fourth-order valence-corrected chi connectivity index (χ4v) is 1.94. The Morgan fingerprint density at radius 1 is 1.45 bits per heavy atom. The zero-order valence-electron chi connectivity index (χ0n) is 12.3. The zero-order chi connectivity index (χ0) is 14.8. The number of carbonyl (C=O) groups excluding carboxylic acids is 1. The highest BCUT2D eigenvalue weighted by Gasteiger charge is 2.30. The minimum absolute atomic E-state index is 0.140. The van der Waals surface area contributed by atoms with Crippen molar-refractivity contribution in [1.29, 1.82) is 0 Å². The van der Waals surface area contributed by atoms with E-state index < -0.39 is 6.10 Å². The summed E-state index contributed by atoms with van der Waals surface area (Å²) in [5.74, 6) is 0.618. The maximum Gasteiger partial charge on any atom is 0.264 e. The third-order valence-electron chi connectivity index (χ3n) is 2.86. The summed E-state index contributed by atoms with van der Waals surface area (Å²) < 4.78 is 5.18. The van der Waals surface area contributed by atoms with Gasteiger partial charge in [-0.05, 0) is 32.9 Å². The lowest BCUT2D eigenvalue weighted by Gasteiger charge is -2.22. The molecule has 0 fully saturated rings. The number of hydrogen-bond donors (Lipinski definition) is 1. The van der Waals surface area contributed by atoms with E-state index in [1.807, 2.05) is 45.0 Å². The minimum atomic E-state index is -0.560. The van der Waals surface area contributed by atoms with Crippen molar-refractivity contribution in [3.8, 4) is 5.75 Å². The van der Waals surface area contributed by atoms with Gasteiger partial charge < -0.3 is 14.9 Å². The van der Waals surface area contributed by atoms with Crippen LogP contribution < -0.4 is 10.1 Å². The van der Waals surface area contributed by atoms with Crippen molar-refractivity contribution in [3.63, 3.8) is 0 Å². The number of nitrogens with zero attached hydrogens (tertiary/aromatic N) is 1. The number of carbonyl (C=O) groups is 1. The van der Waals surface area contributed by atoms with Crippen LogP contribution in [0.3, 0.4) is 0 Å². The van der Waals surface area contributed by atoms with Crippen LogP contribution in [0.5, 0.6) is 5.75 Å². The molecule has 5 heteroatoms. The van der Waals surface area contributed by atoms with Crippen molar-refractivity contribution in [2.24, 2.45) is 5.16 Å². The molecule has 0 unspecified atom stereocenters. The van der Waals surface area contributed by atoms with E-state index in [-0.39, 0.29) is 11.4 Å². The van der Waals surface area contributed by atoms with Crippen molar-refractivity contribution in [1.82, 2.24) is 5.32 Å². The third kappa shape index (κ3) is 3.50. The smallest absolute Gasteiger partial charge is 0.264 e. The van der Waals surface area contributed by atoms with E-state index in [9.17, 15) is 4.79 Å². The molecule has 5 nitrogen and oxygen atoms in total. The molecule has 0 spiro atoms. The number of ether oxygens (including phenoxy) is 1. The lowest BCUT2D eigenvalue weighted by atomic mass is 10.0. The van der Waals surface area contributed by atoms with Gasteiger partial charge in [0.15, 0.2) is 0 Å². The van der Waals surface area contributed by atoms with Crippen LogP contribution in [0.15, 0.2) is 29.4 Å². The molecule has 1 amide bonds. The van der Waals surface area contributed by atoms with Gasteiger partial charge in [-0.3, -0.25) is 4.79 Å². The first-order valence-electron chi connectivity index (χ1n) is 6.58. The number of oxime groups is 1. The SMILES string of the molecule is COc1cccc(C2=NO[C@H](C(=O)NC(C)(C)C)C2)c1. The van der Waals surface area contributed by atoms with E-state index in [4.69, 9.17) is 9.57 Å². The number of benzene rings is 1. The van der Waals surface area contributed by atoms with Crippen LogP contribution in [0.2, 0.25) is 0 Å². The molecule has 0 aliphatic carbocycles. The summed E-state index contributed by atoms with van der Waals surface area (Å²) >= 11 is 0. The molecule has 1 heterocycles. The number of hydrogen-bond acceptors (Lipinski definition) is 4. The first-order valence-corrected chi connectivity index (χ1v) is 6.58. The van der Waals surface area contributed by atoms with Gasteiger partial charge in [0.2, 0.25) is 6.10 Å². The highest BCUT2D eigenvalue weighted by molar-refractivity contribution is 6.04. The molecule has 2 rings (SSSR count). The average molecular weight is 276 g/mol. The monoisotopic (exact) mass is 276 g/mol. The van der Waals surface area contributed by atoms with Gasteiger partial charge in [0.05, 0.1) is 12.8 Å². The fourth-order valence-electron chi connectivity index (χ4n) is 1.94. The van der Waals surface area contributed by atoms with Gasteiger partial charge in [-0.25, -0.2) is 0 Å². The first kappa shape index (κ1) is 14.4. The molecule has 1 aromatic rings. The van der Waals surface area contributed by atoms with Crippen molar-refractivity contribution in [3.05, 3.63) is 29.8 Å². The standard InChI is InChI=1S/C15H20N2O3/c1-15(2,3)16-14(18)13-9-12(17-20-13)10-6-5-7-11(8-10)19-4/h5-8,13H,9H2,1-4H3,(H,16,18)/t13-/m0/s1. The molecule has 20 heavy (non-hydrogen) atoms. The van der Waals surface area contributed by atoms with Crippen LogP contribution in [-0.2, 0) is 9.63 Å². The number of rotatable bonds is 3. The van der Waals surface area contributed by atoms with Crippen LogP contribution in [-0.4, -0.2) is 30.4 Å². The molecule has 1 aliphatic rings. The van der Waals surface area contributed by atoms with Crippen molar-refractivity contribution in [2.45, 2.75) is 38.8 Å². The van der Waals surface area contributed by atoms with Crippen LogP contribution >= 0.6 is 0 Å². The Morgan fingerprint density at radius 3 is 2.85 bits per heavy atom. The maximum atomic E-state index is 12.0. The Hall–Kier alpha value is -2.04. The number of methoxy groups -OCH3 is 1. The average Bonchev–Trinajstić information content (AvgIpc) is 2.86. The number of amides is 1. The van der Waals surface area contributed by atoms with Crippen molar-refractivity contribution >= 4 is 11.6 Å². The summed E-state index contributed by atoms with van der Waals surface area (Å²) in [4.78, 5) is 17.3. The topological polar surface area (TPSA) is 59.9 Å². The molecule has 1 aromatic carbocycles. The van der Waals surface area contributed by atoms with E-state index in [2.05, 4.69) is 10.5 Å². The predicted molar refractivity (Wildman–Crippen MR) is 76.9 cm³/mol.